The number of cyclic esters (lactones) is 1. The van der Waals surface area contributed by atoms with E-state index in [0.717, 1.165) is 0 Å². The van der Waals surface area contributed by atoms with E-state index in [0.29, 0.717) is 13.2 Å². The summed E-state index contributed by atoms with van der Waals surface area (Å²) in [4.78, 5) is 13.1. The van der Waals surface area contributed by atoms with E-state index in [4.69, 9.17) is 16.3 Å². The Kier molecular flexibility index (Phi) is 4.46. The Hall–Kier alpha value is -1.31. The zero-order valence-corrected chi connectivity index (χ0v) is 13.4. The molecule has 0 bridgehead atoms. The number of carbonyl (C=O) groups excluding carboxylic acids is 1. The van der Waals surface area contributed by atoms with Gasteiger partial charge >= 0.3 is 6.09 Å². The number of nitrogens with zero attached hydrogens (tertiary/aromatic N) is 1. The summed E-state index contributed by atoms with van der Waals surface area (Å²) >= 11 is 5.91. The minimum atomic E-state index is -3.73. The van der Waals surface area contributed by atoms with Gasteiger partial charge in [-0.25, -0.2) is 17.9 Å². The highest BCUT2D eigenvalue weighted by molar-refractivity contribution is 7.89. The summed E-state index contributed by atoms with van der Waals surface area (Å²) in [7, 11) is -3.73. The molecule has 6 nitrogen and oxygen atoms in total. The van der Waals surface area contributed by atoms with Crippen LogP contribution in [0.2, 0.25) is 5.02 Å². The molecule has 8 heteroatoms. The van der Waals surface area contributed by atoms with Crippen LogP contribution in [0.15, 0.2) is 29.2 Å². The normalized spacial score (nSPS) is 16.1. The van der Waals surface area contributed by atoms with Crippen LogP contribution >= 0.6 is 11.6 Å². The number of nitrogens with one attached hydrogen (secondary N) is 1. The third-order valence-corrected chi connectivity index (χ3v) is 5.21. The number of ether oxygens (including phenoxy) is 1. The van der Waals surface area contributed by atoms with Gasteiger partial charge in [0.15, 0.2) is 0 Å². The van der Waals surface area contributed by atoms with Gasteiger partial charge in [0, 0.05) is 6.54 Å². The lowest BCUT2D eigenvalue weighted by atomic mass is 10.0. The fourth-order valence-corrected chi connectivity index (χ4v) is 3.77. The first kappa shape index (κ1) is 16.1. The fourth-order valence-electron chi connectivity index (χ4n) is 2.05. The van der Waals surface area contributed by atoms with Crippen LogP contribution in [-0.4, -0.2) is 44.6 Å². The van der Waals surface area contributed by atoms with Crippen LogP contribution in [0.1, 0.15) is 13.8 Å². The maximum atomic E-state index is 12.3. The van der Waals surface area contributed by atoms with Crippen molar-refractivity contribution < 1.29 is 17.9 Å². The average molecular weight is 333 g/mol. The number of hydrogen-bond acceptors (Lipinski definition) is 4. The van der Waals surface area contributed by atoms with Crippen LogP contribution in [0.3, 0.4) is 0 Å². The molecule has 0 spiro atoms. The Morgan fingerprint density at radius 2 is 2.05 bits per heavy atom. The SMILES string of the molecule is CC(C)(CNS(=O)(=O)c1ccccc1Cl)N1CCOC1=O. The molecule has 1 aromatic rings. The van der Waals surface area contributed by atoms with E-state index >= 15 is 0 Å². The van der Waals surface area contributed by atoms with Gasteiger partial charge in [-0.1, -0.05) is 23.7 Å². The van der Waals surface area contributed by atoms with E-state index in [9.17, 15) is 13.2 Å². The molecule has 0 aromatic heterocycles. The van der Waals surface area contributed by atoms with Crippen molar-refractivity contribution in [3.63, 3.8) is 0 Å². The molecule has 0 atom stereocenters. The van der Waals surface area contributed by atoms with Crippen molar-refractivity contribution in [1.82, 2.24) is 9.62 Å². The lowest BCUT2D eigenvalue weighted by molar-refractivity contribution is 0.127. The average Bonchev–Trinajstić information content (AvgIpc) is 2.84. The van der Waals surface area contributed by atoms with E-state index in [-0.39, 0.29) is 16.5 Å². The smallest absolute Gasteiger partial charge is 0.410 e. The third kappa shape index (κ3) is 3.48. The van der Waals surface area contributed by atoms with Crippen molar-refractivity contribution in [3.8, 4) is 0 Å². The predicted octanol–water partition coefficient (Wildman–Crippen LogP) is 1.85. The maximum Gasteiger partial charge on any atom is 0.410 e. The molecule has 0 saturated carbocycles. The fraction of sp³-hybridized carbons (Fsp3) is 0.462. The largest absolute Gasteiger partial charge is 0.448 e. The van der Waals surface area contributed by atoms with Gasteiger partial charge in [-0.3, -0.25) is 4.90 Å². The Balaban J connectivity index is 2.11. The van der Waals surface area contributed by atoms with Crippen LogP contribution in [0.25, 0.3) is 0 Å². The molecule has 1 aliphatic rings. The number of halogens is 1. The van der Waals surface area contributed by atoms with E-state index in [2.05, 4.69) is 4.72 Å². The molecule has 1 amide bonds. The molecule has 0 aliphatic carbocycles. The number of carbonyl (C=O) groups is 1. The molecule has 0 unspecified atom stereocenters. The van der Waals surface area contributed by atoms with Gasteiger partial charge in [-0.2, -0.15) is 0 Å². The second-order valence-corrected chi connectivity index (χ2v) is 7.48. The number of amides is 1. The third-order valence-electron chi connectivity index (χ3n) is 3.31. The molecule has 1 heterocycles. The van der Waals surface area contributed by atoms with Crippen molar-refractivity contribution in [1.29, 1.82) is 0 Å². The van der Waals surface area contributed by atoms with Gasteiger partial charge in [-0.05, 0) is 26.0 Å². The molecule has 21 heavy (non-hydrogen) atoms. The Morgan fingerprint density at radius 3 is 2.62 bits per heavy atom. The van der Waals surface area contributed by atoms with E-state index in [1.807, 2.05) is 0 Å². The maximum absolute atomic E-state index is 12.3. The summed E-state index contributed by atoms with van der Waals surface area (Å²) in [6, 6.07) is 6.20. The second-order valence-electron chi connectivity index (χ2n) is 5.33. The second kappa shape index (κ2) is 5.82. The molecular weight excluding hydrogens is 316 g/mol. The number of hydrogen-bond donors (Lipinski definition) is 1. The summed E-state index contributed by atoms with van der Waals surface area (Å²) in [6.45, 7) is 4.37. The lowest BCUT2D eigenvalue weighted by Gasteiger charge is -2.33. The van der Waals surface area contributed by atoms with Crippen LogP contribution in [0.4, 0.5) is 4.79 Å². The summed E-state index contributed by atoms with van der Waals surface area (Å²) in [5.74, 6) is 0. The minimum Gasteiger partial charge on any atom is -0.448 e. The molecule has 2 rings (SSSR count). The van der Waals surface area contributed by atoms with Gasteiger partial charge in [-0.15, -0.1) is 0 Å². The molecule has 116 valence electrons. The molecule has 1 aliphatic heterocycles. The van der Waals surface area contributed by atoms with Crippen molar-refractivity contribution in [2.24, 2.45) is 0 Å². The first-order chi connectivity index (χ1) is 9.74. The van der Waals surface area contributed by atoms with Gasteiger partial charge in [0.2, 0.25) is 10.0 Å². The quantitative estimate of drug-likeness (QED) is 0.892. The van der Waals surface area contributed by atoms with E-state index in [1.165, 1.54) is 17.0 Å². The highest BCUT2D eigenvalue weighted by Crippen LogP contribution is 2.22. The summed E-state index contributed by atoms with van der Waals surface area (Å²) in [5, 5.41) is 0.156. The van der Waals surface area contributed by atoms with Crippen molar-refractivity contribution in [3.05, 3.63) is 29.3 Å². The van der Waals surface area contributed by atoms with Gasteiger partial charge in [0.25, 0.3) is 0 Å². The van der Waals surface area contributed by atoms with Crippen molar-refractivity contribution in [2.45, 2.75) is 24.3 Å². The Bertz CT molecular complexity index is 645. The molecule has 1 N–H and O–H groups in total. The molecule has 1 saturated heterocycles. The molecule has 0 radical (unpaired) electrons. The topological polar surface area (TPSA) is 75.7 Å². The van der Waals surface area contributed by atoms with Gasteiger partial charge < -0.3 is 4.74 Å². The zero-order chi connectivity index (χ0) is 15.7. The summed E-state index contributed by atoms with van der Waals surface area (Å²) < 4.78 is 31.9. The molecule has 1 aromatic carbocycles. The first-order valence-electron chi connectivity index (χ1n) is 6.43. The van der Waals surface area contributed by atoms with Crippen LogP contribution < -0.4 is 4.72 Å². The van der Waals surface area contributed by atoms with Crippen molar-refractivity contribution >= 4 is 27.7 Å². The van der Waals surface area contributed by atoms with E-state index in [1.54, 1.807) is 26.0 Å². The monoisotopic (exact) mass is 332 g/mol. The number of sulfonamides is 1. The van der Waals surface area contributed by atoms with E-state index < -0.39 is 21.7 Å². The first-order valence-corrected chi connectivity index (χ1v) is 8.29. The van der Waals surface area contributed by atoms with Gasteiger partial charge in [0.05, 0.1) is 17.1 Å². The Labute approximate surface area is 129 Å². The number of rotatable bonds is 5. The van der Waals surface area contributed by atoms with Crippen LogP contribution in [0, 0.1) is 0 Å². The molecule has 1 fully saturated rings. The van der Waals surface area contributed by atoms with Crippen LogP contribution in [-0.2, 0) is 14.8 Å². The highest BCUT2D eigenvalue weighted by atomic mass is 35.5. The Morgan fingerprint density at radius 1 is 1.38 bits per heavy atom. The van der Waals surface area contributed by atoms with Crippen LogP contribution in [0.5, 0.6) is 0 Å². The minimum absolute atomic E-state index is 0.0199. The van der Waals surface area contributed by atoms with Crippen molar-refractivity contribution in [2.75, 3.05) is 19.7 Å². The highest BCUT2D eigenvalue weighted by Gasteiger charge is 2.36. The summed E-state index contributed by atoms with van der Waals surface area (Å²) in [5.41, 5.74) is -0.693. The predicted molar refractivity (Wildman–Crippen MR) is 78.8 cm³/mol. The zero-order valence-electron chi connectivity index (χ0n) is 11.8. The standard InChI is InChI=1S/C13H17ClN2O4S/c1-13(2,16-7-8-20-12(16)17)9-15-21(18,19)11-6-4-3-5-10(11)14/h3-6,15H,7-9H2,1-2H3. The summed E-state index contributed by atoms with van der Waals surface area (Å²) in [6.07, 6.45) is -0.433. The number of benzene rings is 1. The van der Waals surface area contributed by atoms with Gasteiger partial charge in [0.1, 0.15) is 11.5 Å². The lowest BCUT2D eigenvalue weighted by Crippen LogP contribution is -2.52. The molecular formula is C13H17ClN2O4S.